The van der Waals surface area contributed by atoms with E-state index in [9.17, 15) is 8.42 Å². The Morgan fingerprint density at radius 1 is 1.17 bits per heavy atom. The van der Waals surface area contributed by atoms with E-state index < -0.39 is 10.0 Å². The molecule has 3 aromatic rings. The van der Waals surface area contributed by atoms with Gasteiger partial charge in [-0.15, -0.1) is 11.3 Å². The number of benzene rings is 1. The van der Waals surface area contributed by atoms with Gasteiger partial charge in [0.1, 0.15) is 17.0 Å². The van der Waals surface area contributed by atoms with Crippen LogP contribution in [-0.2, 0) is 16.6 Å². The maximum absolute atomic E-state index is 12.1. The first-order valence-electron chi connectivity index (χ1n) is 7.50. The third-order valence-corrected chi connectivity index (χ3v) is 5.74. The Balaban J connectivity index is 1.56. The van der Waals surface area contributed by atoms with Gasteiger partial charge in [-0.05, 0) is 18.6 Å². The summed E-state index contributed by atoms with van der Waals surface area (Å²) in [5, 5.41) is 4.02. The fourth-order valence-electron chi connectivity index (χ4n) is 2.28. The van der Waals surface area contributed by atoms with E-state index in [1.54, 1.807) is 11.3 Å². The summed E-state index contributed by atoms with van der Waals surface area (Å²) in [5.41, 5.74) is 0.931. The van der Waals surface area contributed by atoms with E-state index >= 15 is 0 Å². The molecule has 0 unspecified atom stereocenters. The van der Waals surface area contributed by atoms with E-state index in [4.69, 9.17) is 0 Å². The molecule has 8 heteroatoms. The minimum absolute atomic E-state index is 0.0194. The van der Waals surface area contributed by atoms with Crippen molar-refractivity contribution in [2.75, 3.05) is 17.6 Å². The van der Waals surface area contributed by atoms with Gasteiger partial charge in [-0.2, -0.15) is 0 Å². The Morgan fingerprint density at radius 3 is 2.75 bits per heavy atom. The molecule has 0 aliphatic rings. The number of thiophene rings is 1. The van der Waals surface area contributed by atoms with Crippen LogP contribution in [0.25, 0.3) is 10.2 Å². The van der Waals surface area contributed by atoms with Gasteiger partial charge in [0, 0.05) is 18.0 Å². The first-order chi connectivity index (χ1) is 11.5. The highest BCUT2D eigenvalue weighted by atomic mass is 32.2. The minimum Gasteiger partial charge on any atom is -0.368 e. The summed E-state index contributed by atoms with van der Waals surface area (Å²) in [6.07, 6.45) is 1.49. The number of nitrogens with zero attached hydrogens (tertiary/aromatic N) is 2. The van der Waals surface area contributed by atoms with E-state index in [-0.39, 0.29) is 12.3 Å². The molecule has 0 bridgehead atoms. The molecule has 1 aromatic carbocycles. The molecule has 2 heterocycles. The number of hydrogen-bond acceptors (Lipinski definition) is 6. The van der Waals surface area contributed by atoms with E-state index in [0.717, 1.165) is 20.7 Å². The Hall–Kier alpha value is -2.03. The van der Waals surface area contributed by atoms with Crippen LogP contribution in [0.3, 0.4) is 0 Å². The molecule has 24 heavy (non-hydrogen) atoms. The molecule has 0 aliphatic heterocycles. The van der Waals surface area contributed by atoms with Crippen LogP contribution >= 0.6 is 11.3 Å². The van der Waals surface area contributed by atoms with Gasteiger partial charge < -0.3 is 5.32 Å². The molecule has 6 nitrogen and oxygen atoms in total. The number of fused-ring (bicyclic) bond motifs is 1. The Bertz CT molecular complexity index is 924. The minimum atomic E-state index is -3.35. The molecule has 0 fully saturated rings. The molecule has 2 aromatic heterocycles. The number of nitrogens with one attached hydrogen (secondary N) is 2. The summed E-state index contributed by atoms with van der Waals surface area (Å²) < 4.78 is 26.8. The van der Waals surface area contributed by atoms with E-state index in [2.05, 4.69) is 20.0 Å². The Labute approximate surface area is 145 Å². The standard InChI is InChI=1S/C16H18N4O2S2/c1-12-9-14-15(18-11-19-16(14)23-12)17-7-8-24(21,22)20-10-13-5-3-2-4-6-13/h2-6,9,11,20H,7-8,10H2,1H3,(H,17,18,19). The number of rotatable bonds is 7. The van der Waals surface area contributed by atoms with Gasteiger partial charge in [0.2, 0.25) is 10.0 Å². The van der Waals surface area contributed by atoms with E-state index in [0.29, 0.717) is 12.4 Å². The zero-order chi connectivity index (χ0) is 17.0. The van der Waals surface area contributed by atoms with Crippen LogP contribution in [0.5, 0.6) is 0 Å². The van der Waals surface area contributed by atoms with Gasteiger partial charge in [-0.1, -0.05) is 30.3 Å². The summed E-state index contributed by atoms with van der Waals surface area (Å²) in [4.78, 5) is 10.5. The van der Waals surface area contributed by atoms with Gasteiger partial charge in [0.25, 0.3) is 0 Å². The first-order valence-corrected chi connectivity index (χ1v) is 9.97. The van der Waals surface area contributed by atoms with Gasteiger partial charge in [-0.3, -0.25) is 0 Å². The molecule has 0 aliphatic carbocycles. The lowest BCUT2D eigenvalue weighted by molar-refractivity contribution is 0.581. The molecule has 0 radical (unpaired) electrons. The largest absolute Gasteiger partial charge is 0.368 e. The lowest BCUT2D eigenvalue weighted by Crippen LogP contribution is -2.29. The average Bonchev–Trinajstić information content (AvgIpc) is 2.95. The predicted molar refractivity (Wildman–Crippen MR) is 97.7 cm³/mol. The van der Waals surface area contributed by atoms with Crippen LogP contribution in [0.15, 0.2) is 42.7 Å². The first kappa shape index (κ1) is 16.8. The zero-order valence-corrected chi connectivity index (χ0v) is 14.8. The number of anilines is 1. The average molecular weight is 362 g/mol. The van der Waals surface area contributed by atoms with Gasteiger partial charge in [0.05, 0.1) is 11.1 Å². The number of aromatic nitrogens is 2. The van der Waals surface area contributed by atoms with Crippen molar-refractivity contribution in [1.82, 2.24) is 14.7 Å². The second kappa shape index (κ2) is 7.25. The van der Waals surface area contributed by atoms with Crippen molar-refractivity contribution in [2.45, 2.75) is 13.5 Å². The molecule has 0 atom stereocenters. The predicted octanol–water partition coefficient (Wildman–Crippen LogP) is 2.53. The van der Waals surface area contributed by atoms with Crippen molar-refractivity contribution >= 4 is 37.4 Å². The number of aryl methyl sites for hydroxylation is 1. The van der Waals surface area contributed by atoms with E-state index in [1.807, 2.05) is 43.3 Å². The summed E-state index contributed by atoms with van der Waals surface area (Å²) in [7, 11) is -3.35. The molecule has 0 saturated heterocycles. The highest BCUT2D eigenvalue weighted by Crippen LogP contribution is 2.27. The van der Waals surface area contributed by atoms with Crippen LogP contribution in [0.1, 0.15) is 10.4 Å². The smallest absolute Gasteiger partial charge is 0.213 e. The molecule has 0 saturated carbocycles. The zero-order valence-electron chi connectivity index (χ0n) is 13.2. The SMILES string of the molecule is Cc1cc2c(NCCS(=O)(=O)NCc3ccccc3)ncnc2s1. The second-order valence-electron chi connectivity index (χ2n) is 5.35. The quantitative estimate of drug-likeness (QED) is 0.675. The molecule has 2 N–H and O–H groups in total. The summed E-state index contributed by atoms with van der Waals surface area (Å²) in [6, 6.07) is 11.4. The van der Waals surface area contributed by atoms with Crippen LogP contribution in [-0.4, -0.2) is 30.7 Å². The van der Waals surface area contributed by atoms with E-state index in [1.165, 1.54) is 6.33 Å². The van der Waals surface area contributed by atoms with Crippen LogP contribution < -0.4 is 10.0 Å². The summed E-state index contributed by atoms with van der Waals surface area (Å²) in [5.74, 6) is 0.650. The van der Waals surface area contributed by atoms with Gasteiger partial charge >= 0.3 is 0 Å². The van der Waals surface area contributed by atoms with Crippen molar-refractivity contribution in [3.05, 3.63) is 53.2 Å². The fraction of sp³-hybridized carbons (Fsp3) is 0.250. The van der Waals surface area contributed by atoms with Crippen molar-refractivity contribution in [3.63, 3.8) is 0 Å². The van der Waals surface area contributed by atoms with Crippen molar-refractivity contribution in [2.24, 2.45) is 0 Å². The van der Waals surface area contributed by atoms with Gasteiger partial charge in [0.15, 0.2) is 0 Å². The highest BCUT2D eigenvalue weighted by Gasteiger charge is 2.11. The monoisotopic (exact) mass is 362 g/mol. The van der Waals surface area contributed by atoms with Crippen LogP contribution in [0.4, 0.5) is 5.82 Å². The normalized spacial score (nSPS) is 11.7. The lowest BCUT2D eigenvalue weighted by atomic mass is 10.2. The molecule has 0 spiro atoms. The lowest BCUT2D eigenvalue weighted by Gasteiger charge is -2.09. The van der Waals surface area contributed by atoms with Crippen LogP contribution in [0, 0.1) is 6.92 Å². The maximum atomic E-state index is 12.1. The summed E-state index contributed by atoms with van der Waals surface area (Å²) >= 11 is 1.59. The summed E-state index contributed by atoms with van der Waals surface area (Å²) in [6.45, 7) is 2.59. The third-order valence-electron chi connectivity index (χ3n) is 3.45. The topological polar surface area (TPSA) is 84.0 Å². The molecule has 126 valence electrons. The number of hydrogen-bond donors (Lipinski definition) is 2. The Kier molecular flexibility index (Phi) is 5.08. The molecular formula is C16H18N4O2S2. The number of sulfonamides is 1. The Morgan fingerprint density at radius 2 is 1.96 bits per heavy atom. The molecule has 0 amide bonds. The highest BCUT2D eigenvalue weighted by molar-refractivity contribution is 7.89. The third kappa shape index (κ3) is 4.28. The van der Waals surface area contributed by atoms with Crippen molar-refractivity contribution in [3.8, 4) is 0 Å². The van der Waals surface area contributed by atoms with Crippen molar-refractivity contribution < 1.29 is 8.42 Å². The van der Waals surface area contributed by atoms with Crippen molar-refractivity contribution in [1.29, 1.82) is 0 Å². The van der Waals surface area contributed by atoms with Crippen LogP contribution in [0.2, 0.25) is 0 Å². The van der Waals surface area contributed by atoms with Gasteiger partial charge in [-0.25, -0.2) is 23.1 Å². The maximum Gasteiger partial charge on any atom is 0.213 e. The second-order valence-corrected chi connectivity index (χ2v) is 8.51. The molecule has 3 rings (SSSR count). The fourth-order valence-corrected chi connectivity index (χ4v) is 4.03. The molecular weight excluding hydrogens is 344 g/mol.